The Morgan fingerprint density at radius 3 is 2.73 bits per heavy atom. The summed E-state index contributed by atoms with van der Waals surface area (Å²) < 4.78 is 0. The molecule has 2 aliphatic rings. The SMILES string of the molecule is C=C/C=C1/CCCC(C2(C#N)CCC2)C1. The summed E-state index contributed by atoms with van der Waals surface area (Å²) in [6, 6.07) is 2.59. The Balaban J connectivity index is 2.07. The highest BCUT2D eigenvalue weighted by Gasteiger charge is 2.44. The van der Waals surface area contributed by atoms with Gasteiger partial charge >= 0.3 is 0 Å². The Labute approximate surface area is 92.5 Å². The van der Waals surface area contributed by atoms with E-state index in [0.717, 1.165) is 19.3 Å². The quantitative estimate of drug-likeness (QED) is 0.663. The second-order valence-corrected chi connectivity index (χ2v) is 4.98. The lowest BCUT2D eigenvalue weighted by atomic mass is 9.58. The van der Waals surface area contributed by atoms with E-state index in [0.29, 0.717) is 5.92 Å². The molecule has 0 aromatic rings. The van der Waals surface area contributed by atoms with Gasteiger partial charge in [0.15, 0.2) is 0 Å². The molecule has 15 heavy (non-hydrogen) atoms. The largest absolute Gasteiger partial charge is 0.198 e. The van der Waals surface area contributed by atoms with E-state index < -0.39 is 0 Å². The van der Waals surface area contributed by atoms with Crippen molar-refractivity contribution in [2.45, 2.75) is 44.9 Å². The lowest BCUT2D eigenvalue weighted by molar-refractivity contribution is 0.0994. The third-order valence-corrected chi connectivity index (χ3v) is 4.16. The number of hydrogen-bond donors (Lipinski definition) is 0. The molecule has 2 saturated carbocycles. The van der Waals surface area contributed by atoms with Crippen LogP contribution in [0.4, 0.5) is 0 Å². The van der Waals surface area contributed by atoms with Crippen LogP contribution in [-0.2, 0) is 0 Å². The minimum atomic E-state index is 0.0423. The van der Waals surface area contributed by atoms with Gasteiger partial charge in [0.2, 0.25) is 0 Å². The average Bonchev–Trinajstić information content (AvgIpc) is 2.18. The van der Waals surface area contributed by atoms with Crippen molar-refractivity contribution in [1.82, 2.24) is 0 Å². The fourth-order valence-corrected chi connectivity index (χ4v) is 3.05. The molecule has 0 bridgehead atoms. The Hall–Kier alpha value is -1.03. The summed E-state index contributed by atoms with van der Waals surface area (Å²) in [5.74, 6) is 0.621. The van der Waals surface area contributed by atoms with Crippen molar-refractivity contribution in [3.05, 3.63) is 24.3 Å². The van der Waals surface area contributed by atoms with Crippen molar-refractivity contribution in [3.8, 4) is 6.07 Å². The highest BCUT2D eigenvalue weighted by Crippen LogP contribution is 2.52. The van der Waals surface area contributed by atoms with E-state index in [9.17, 15) is 5.26 Å². The molecule has 1 heteroatoms. The Kier molecular flexibility index (Phi) is 2.95. The molecule has 1 atom stereocenters. The molecule has 80 valence electrons. The second kappa shape index (κ2) is 4.23. The van der Waals surface area contributed by atoms with Crippen LogP contribution in [0.3, 0.4) is 0 Å². The first kappa shape index (κ1) is 10.5. The molecule has 0 aliphatic heterocycles. The van der Waals surface area contributed by atoms with Crippen molar-refractivity contribution in [3.63, 3.8) is 0 Å². The molecule has 2 rings (SSSR count). The number of allylic oxidation sites excluding steroid dienone is 3. The van der Waals surface area contributed by atoms with Crippen LogP contribution in [0.2, 0.25) is 0 Å². The monoisotopic (exact) mass is 201 g/mol. The molecule has 0 aromatic carbocycles. The van der Waals surface area contributed by atoms with E-state index in [4.69, 9.17) is 0 Å². The minimum Gasteiger partial charge on any atom is -0.198 e. The molecule has 2 fully saturated rings. The zero-order chi connectivity index (χ0) is 10.7. The third kappa shape index (κ3) is 1.86. The topological polar surface area (TPSA) is 23.8 Å². The first-order valence-corrected chi connectivity index (χ1v) is 6.02. The maximum Gasteiger partial charge on any atom is 0.0692 e. The molecule has 0 amide bonds. The average molecular weight is 201 g/mol. The Bertz CT molecular complexity index is 315. The van der Waals surface area contributed by atoms with Gasteiger partial charge in [-0.3, -0.25) is 0 Å². The summed E-state index contributed by atoms with van der Waals surface area (Å²) in [5, 5.41) is 9.32. The molecule has 2 aliphatic carbocycles. The predicted octanol–water partition coefficient (Wildman–Crippen LogP) is 3.98. The number of nitriles is 1. The van der Waals surface area contributed by atoms with Crippen molar-refractivity contribution < 1.29 is 0 Å². The van der Waals surface area contributed by atoms with Crippen molar-refractivity contribution in [1.29, 1.82) is 5.26 Å². The van der Waals surface area contributed by atoms with E-state index in [1.165, 1.54) is 31.3 Å². The van der Waals surface area contributed by atoms with Gasteiger partial charge in [0.05, 0.1) is 11.5 Å². The Morgan fingerprint density at radius 1 is 1.40 bits per heavy atom. The number of rotatable bonds is 2. The summed E-state index contributed by atoms with van der Waals surface area (Å²) in [6.45, 7) is 3.75. The first-order chi connectivity index (χ1) is 7.30. The van der Waals surface area contributed by atoms with Gasteiger partial charge in [0, 0.05) is 0 Å². The van der Waals surface area contributed by atoms with Crippen LogP contribution in [0.1, 0.15) is 44.9 Å². The van der Waals surface area contributed by atoms with E-state index in [1.54, 1.807) is 0 Å². The molecule has 1 unspecified atom stereocenters. The molecule has 0 heterocycles. The maximum absolute atomic E-state index is 9.32. The van der Waals surface area contributed by atoms with E-state index in [2.05, 4.69) is 18.7 Å². The predicted molar refractivity (Wildman–Crippen MR) is 62.1 cm³/mol. The van der Waals surface area contributed by atoms with Gasteiger partial charge in [-0.15, -0.1) is 0 Å². The molecule has 0 N–H and O–H groups in total. The van der Waals surface area contributed by atoms with E-state index in [1.807, 2.05) is 6.08 Å². The van der Waals surface area contributed by atoms with Crippen LogP contribution in [0.15, 0.2) is 24.3 Å². The van der Waals surface area contributed by atoms with Gasteiger partial charge in [-0.1, -0.05) is 30.7 Å². The van der Waals surface area contributed by atoms with E-state index in [-0.39, 0.29) is 5.41 Å². The van der Waals surface area contributed by atoms with Gasteiger partial charge in [0.1, 0.15) is 0 Å². The van der Waals surface area contributed by atoms with Gasteiger partial charge in [0.25, 0.3) is 0 Å². The fraction of sp³-hybridized carbons (Fsp3) is 0.643. The lowest BCUT2D eigenvalue weighted by Gasteiger charge is -2.44. The molecule has 0 aromatic heterocycles. The van der Waals surface area contributed by atoms with Crippen molar-refractivity contribution >= 4 is 0 Å². The normalized spacial score (nSPS) is 31.7. The zero-order valence-corrected chi connectivity index (χ0v) is 9.34. The maximum atomic E-state index is 9.32. The molecule has 1 nitrogen and oxygen atoms in total. The summed E-state index contributed by atoms with van der Waals surface area (Å²) in [7, 11) is 0. The van der Waals surface area contributed by atoms with Gasteiger partial charge in [-0.2, -0.15) is 5.26 Å². The second-order valence-electron chi connectivity index (χ2n) is 4.98. The molecular formula is C14H19N. The van der Waals surface area contributed by atoms with Crippen molar-refractivity contribution in [2.24, 2.45) is 11.3 Å². The number of nitrogens with zero attached hydrogens (tertiary/aromatic N) is 1. The zero-order valence-electron chi connectivity index (χ0n) is 9.34. The van der Waals surface area contributed by atoms with Crippen LogP contribution < -0.4 is 0 Å². The fourth-order valence-electron chi connectivity index (χ4n) is 3.05. The number of hydrogen-bond acceptors (Lipinski definition) is 1. The standard InChI is InChI=1S/C14H19N/c1-2-5-12-6-3-7-13(10-12)14(11-15)8-4-9-14/h2,5,13H,1,3-4,6-10H2/b12-5-. The minimum absolute atomic E-state index is 0.0423. The van der Waals surface area contributed by atoms with Crippen LogP contribution in [-0.4, -0.2) is 0 Å². The summed E-state index contributed by atoms with van der Waals surface area (Å²) in [4.78, 5) is 0. The van der Waals surface area contributed by atoms with Crippen molar-refractivity contribution in [2.75, 3.05) is 0 Å². The molecule has 0 spiro atoms. The van der Waals surface area contributed by atoms with E-state index >= 15 is 0 Å². The Morgan fingerprint density at radius 2 is 2.20 bits per heavy atom. The lowest BCUT2D eigenvalue weighted by Crippen LogP contribution is -2.37. The van der Waals surface area contributed by atoms with Gasteiger partial charge < -0.3 is 0 Å². The van der Waals surface area contributed by atoms with Crippen LogP contribution in [0.25, 0.3) is 0 Å². The first-order valence-electron chi connectivity index (χ1n) is 6.02. The van der Waals surface area contributed by atoms with Crippen LogP contribution >= 0.6 is 0 Å². The third-order valence-electron chi connectivity index (χ3n) is 4.16. The van der Waals surface area contributed by atoms with Crippen LogP contribution in [0, 0.1) is 22.7 Å². The van der Waals surface area contributed by atoms with Crippen LogP contribution in [0.5, 0.6) is 0 Å². The summed E-state index contributed by atoms with van der Waals surface area (Å²) in [5.41, 5.74) is 1.54. The highest BCUT2D eigenvalue weighted by atomic mass is 14.5. The highest BCUT2D eigenvalue weighted by molar-refractivity contribution is 5.18. The smallest absolute Gasteiger partial charge is 0.0692 e. The molecule has 0 radical (unpaired) electrons. The summed E-state index contributed by atoms with van der Waals surface area (Å²) >= 11 is 0. The summed E-state index contributed by atoms with van der Waals surface area (Å²) in [6.07, 6.45) is 12.4. The van der Waals surface area contributed by atoms with Gasteiger partial charge in [-0.25, -0.2) is 0 Å². The van der Waals surface area contributed by atoms with Gasteiger partial charge in [-0.05, 0) is 44.4 Å². The molecule has 0 saturated heterocycles. The molecular weight excluding hydrogens is 182 g/mol.